The lowest BCUT2D eigenvalue weighted by molar-refractivity contribution is 0.211. The van der Waals surface area contributed by atoms with Gasteiger partial charge in [-0.05, 0) is 50.7 Å². The van der Waals surface area contributed by atoms with Crippen LogP contribution in [-0.2, 0) is 0 Å². The average molecular weight is 361 g/mol. The van der Waals surface area contributed by atoms with Crippen molar-refractivity contribution >= 4 is 27.5 Å². The van der Waals surface area contributed by atoms with Gasteiger partial charge in [0.25, 0.3) is 0 Å². The number of nitrogens with zero attached hydrogens (tertiary/aromatic N) is 2. The molecule has 1 saturated heterocycles. The molecule has 2 rings (SSSR count). The smallest absolute Gasteiger partial charge is 0.0478 e. The van der Waals surface area contributed by atoms with Crippen molar-refractivity contribution in [2.45, 2.75) is 12.5 Å². The fraction of sp³-hybridized carbons (Fsp3) is 0.600. The van der Waals surface area contributed by atoms with Crippen LogP contribution >= 0.6 is 27.5 Å². The van der Waals surface area contributed by atoms with Crippen LogP contribution in [0.4, 0.5) is 0 Å². The number of likely N-dealkylation sites (tertiary alicyclic amines) is 1. The molecule has 5 heteroatoms. The maximum atomic E-state index is 6.02. The van der Waals surface area contributed by atoms with E-state index in [0.29, 0.717) is 6.54 Å². The van der Waals surface area contributed by atoms with E-state index in [2.05, 4.69) is 45.9 Å². The highest BCUT2D eigenvalue weighted by atomic mass is 79.9. The Labute approximate surface area is 135 Å². The molecule has 0 bridgehead atoms. The van der Waals surface area contributed by atoms with Gasteiger partial charge in [0.1, 0.15) is 0 Å². The Morgan fingerprint density at radius 1 is 1.55 bits per heavy atom. The van der Waals surface area contributed by atoms with Gasteiger partial charge in [0.2, 0.25) is 0 Å². The second-order valence-corrected chi connectivity index (χ2v) is 7.06. The van der Waals surface area contributed by atoms with Gasteiger partial charge >= 0.3 is 0 Å². The Balaban J connectivity index is 2.06. The van der Waals surface area contributed by atoms with Gasteiger partial charge in [-0.15, -0.1) is 0 Å². The Hall–Kier alpha value is -0.130. The summed E-state index contributed by atoms with van der Waals surface area (Å²) in [6, 6.07) is 6.17. The molecule has 20 heavy (non-hydrogen) atoms. The van der Waals surface area contributed by atoms with E-state index in [9.17, 15) is 0 Å². The Bertz CT molecular complexity index is 455. The van der Waals surface area contributed by atoms with Crippen LogP contribution in [0.2, 0.25) is 5.02 Å². The van der Waals surface area contributed by atoms with Crippen LogP contribution in [0.5, 0.6) is 0 Å². The molecule has 1 aliphatic heterocycles. The highest BCUT2D eigenvalue weighted by Gasteiger charge is 2.25. The van der Waals surface area contributed by atoms with E-state index >= 15 is 0 Å². The van der Waals surface area contributed by atoms with Crippen molar-refractivity contribution in [3.05, 3.63) is 33.3 Å². The first-order chi connectivity index (χ1) is 9.51. The second-order valence-electron chi connectivity index (χ2n) is 5.77. The van der Waals surface area contributed by atoms with Crippen molar-refractivity contribution in [3.8, 4) is 0 Å². The minimum absolute atomic E-state index is 0.229. The lowest BCUT2D eigenvalue weighted by atomic mass is 10.0. The van der Waals surface area contributed by atoms with E-state index in [4.69, 9.17) is 17.3 Å². The molecule has 1 heterocycles. The highest BCUT2D eigenvalue weighted by molar-refractivity contribution is 9.10. The minimum Gasteiger partial charge on any atom is -0.329 e. The quantitative estimate of drug-likeness (QED) is 0.876. The normalized spacial score (nSPS) is 21.6. The standard InChI is InChI=1S/C15H23BrClN3/c1-19-6-5-11(9-19)10-20(2)15(8-18)13-4-3-12(17)7-14(13)16/h3-4,7,11,15H,5-6,8-10,18H2,1-2H3. The zero-order chi connectivity index (χ0) is 14.7. The van der Waals surface area contributed by atoms with Crippen molar-refractivity contribution < 1.29 is 0 Å². The van der Waals surface area contributed by atoms with Crippen LogP contribution < -0.4 is 5.73 Å². The lowest BCUT2D eigenvalue weighted by Crippen LogP contribution is -2.35. The highest BCUT2D eigenvalue weighted by Crippen LogP contribution is 2.30. The third-order valence-electron chi connectivity index (χ3n) is 4.11. The summed E-state index contributed by atoms with van der Waals surface area (Å²) in [7, 11) is 4.35. The van der Waals surface area contributed by atoms with Gasteiger partial charge in [0.05, 0.1) is 0 Å². The van der Waals surface area contributed by atoms with Crippen LogP contribution in [0.15, 0.2) is 22.7 Å². The minimum atomic E-state index is 0.229. The van der Waals surface area contributed by atoms with Gasteiger partial charge in [-0.2, -0.15) is 0 Å². The predicted octanol–water partition coefficient (Wildman–Crippen LogP) is 2.99. The molecule has 1 aromatic carbocycles. The third-order valence-corrected chi connectivity index (χ3v) is 5.03. The molecule has 0 radical (unpaired) electrons. The largest absolute Gasteiger partial charge is 0.329 e. The van der Waals surface area contributed by atoms with Gasteiger partial charge in [-0.3, -0.25) is 4.90 Å². The Morgan fingerprint density at radius 3 is 2.85 bits per heavy atom. The van der Waals surface area contributed by atoms with Crippen molar-refractivity contribution in [1.29, 1.82) is 0 Å². The molecule has 2 unspecified atom stereocenters. The van der Waals surface area contributed by atoms with Crippen molar-refractivity contribution in [2.75, 3.05) is 40.3 Å². The number of benzene rings is 1. The number of halogens is 2. The number of rotatable bonds is 5. The zero-order valence-corrected chi connectivity index (χ0v) is 14.5. The molecule has 0 spiro atoms. The summed E-state index contributed by atoms with van der Waals surface area (Å²) in [5.74, 6) is 0.741. The SMILES string of the molecule is CN1CCC(CN(C)C(CN)c2ccc(Cl)cc2Br)C1. The topological polar surface area (TPSA) is 32.5 Å². The van der Waals surface area contributed by atoms with E-state index in [0.717, 1.165) is 22.0 Å². The number of nitrogens with two attached hydrogens (primary N) is 1. The van der Waals surface area contributed by atoms with Crippen LogP contribution in [0, 0.1) is 5.92 Å². The van der Waals surface area contributed by atoms with Gasteiger partial charge in [-0.25, -0.2) is 0 Å². The molecule has 0 saturated carbocycles. The first kappa shape index (κ1) is 16.2. The fourth-order valence-corrected chi connectivity index (χ4v) is 3.97. The first-order valence-electron chi connectivity index (χ1n) is 7.05. The zero-order valence-electron chi connectivity index (χ0n) is 12.1. The van der Waals surface area contributed by atoms with Crippen molar-refractivity contribution in [2.24, 2.45) is 11.7 Å². The molecule has 1 aromatic rings. The monoisotopic (exact) mass is 359 g/mol. The van der Waals surface area contributed by atoms with Gasteiger partial charge in [-0.1, -0.05) is 33.6 Å². The lowest BCUT2D eigenvalue weighted by Gasteiger charge is -2.30. The van der Waals surface area contributed by atoms with Gasteiger partial charge < -0.3 is 10.6 Å². The molecule has 3 nitrogen and oxygen atoms in total. The molecule has 1 fully saturated rings. The molecule has 0 amide bonds. The van der Waals surface area contributed by atoms with Crippen LogP contribution in [0.3, 0.4) is 0 Å². The summed E-state index contributed by atoms with van der Waals surface area (Å²) < 4.78 is 1.04. The van der Waals surface area contributed by atoms with Crippen LogP contribution in [0.25, 0.3) is 0 Å². The van der Waals surface area contributed by atoms with E-state index < -0.39 is 0 Å². The summed E-state index contributed by atoms with van der Waals surface area (Å²) in [6.45, 7) is 4.08. The second kappa shape index (κ2) is 7.23. The van der Waals surface area contributed by atoms with Crippen molar-refractivity contribution in [3.63, 3.8) is 0 Å². The summed E-state index contributed by atoms with van der Waals surface area (Å²) in [5, 5.41) is 0.747. The molecule has 2 N–H and O–H groups in total. The van der Waals surface area contributed by atoms with E-state index in [-0.39, 0.29) is 6.04 Å². The van der Waals surface area contributed by atoms with Crippen LogP contribution in [-0.4, -0.2) is 50.1 Å². The molecule has 0 aromatic heterocycles. The average Bonchev–Trinajstić information content (AvgIpc) is 2.78. The molecule has 2 atom stereocenters. The van der Waals surface area contributed by atoms with E-state index in [1.54, 1.807) is 0 Å². The number of hydrogen-bond donors (Lipinski definition) is 1. The van der Waals surface area contributed by atoms with Crippen LogP contribution in [0.1, 0.15) is 18.0 Å². The number of likely N-dealkylation sites (N-methyl/N-ethyl adjacent to an activating group) is 1. The van der Waals surface area contributed by atoms with Crippen molar-refractivity contribution in [1.82, 2.24) is 9.80 Å². The third kappa shape index (κ3) is 3.95. The van der Waals surface area contributed by atoms with E-state index in [1.807, 2.05) is 12.1 Å². The fourth-order valence-electron chi connectivity index (χ4n) is 3.03. The maximum absolute atomic E-state index is 6.02. The summed E-state index contributed by atoms with van der Waals surface area (Å²) >= 11 is 9.62. The summed E-state index contributed by atoms with van der Waals surface area (Å²) in [4.78, 5) is 4.77. The maximum Gasteiger partial charge on any atom is 0.0478 e. The number of hydrogen-bond acceptors (Lipinski definition) is 3. The summed E-state index contributed by atoms with van der Waals surface area (Å²) in [5.41, 5.74) is 7.22. The van der Waals surface area contributed by atoms with Gasteiger partial charge in [0.15, 0.2) is 0 Å². The summed E-state index contributed by atoms with van der Waals surface area (Å²) in [6.07, 6.45) is 1.28. The first-order valence-corrected chi connectivity index (χ1v) is 8.22. The predicted molar refractivity (Wildman–Crippen MR) is 89.2 cm³/mol. The molecular weight excluding hydrogens is 338 g/mol. The molecular formula is C15H23BrClN3. The molecule has 112 valence electrons. The molecule has 1 aliphatic rings. The Morgan fingerprint density at radius 2 is 2.30 bits per heavy atom. The Kier molecular flexibility index (Phi) is 5.87. The van der Waals surface area contributed by atoms with E-state index in [1.165, 1.54) is 25.1 Å². The molecule has 0 aliphatic carbocycles. The van der Waals surface area contributed by atoms with Gasteiger partial charge in [0, 0.05) is 35.2 Å².